The fraction of sp³-hybridized carbons (Fsp3) is 0.0833. The zero-order valence-corrected chi connectivity index (χ0v) is 13.5. The van der Waals surface area contributed by atoms with Crippen molar-refractivity contribution in [2.75, 3.05) is 6.26 Å². The van der Waals surface area contributed by atoms with Gasteiger partial charge in [0.05, 0.1) is 28.0 Å². The minimum Gasteiger partial charge on any atom is -0.399 e. The van der Waals surface area contributed by atoms with E-state index in [2.05, 4.69) is 11.9 Å². The van der Waals surface area contributed by atoms with Crippen LogP contribution in [0.4, 0.5) is 0 Å². The Labute approximate surface area is 136 Å². The van der Waals surface area contributed by atoms with Crippen molar-refractivity contribution in [1.82, 2.24) is 5.32 Å². The molecule has 0 saturated carbocycles. The molecule has 0 aliphatic carbocycles. The highest BCUT2D eigenvalue weighted by atomic mass is 32.2. The second kappa shape index (κ2) is 7.65. The molecule has 9 nitrogen and oxygen atoms in total. The van der Waals surface area contributed by atoms with E-state index >= 15 is 0 Å². The second-order valence-electron chi connectivity index (χ2n) is 4.02. The summed E-state index contributed by atoms with van der Waals surface area (Å²) < 4.78 is 27.1. The molecule has 0 atom stereocenters. The van der Waals surface area contributed by atoms with Gasteiger partial charge in [-0.15, -0.1) is 0 Å². The summed E-state index contributed by atoms with van der Waals surface area (Å²) >= 11 is 0.546. The number of amides is 1. The Kier molecular flexibility index (Phi) is 6.16. The molecule has 11 heteroatoms. The quantitative estimate of drug-likeness (QED) is 0.417. The van der Waals surface area contributed by atoms with Crippen LogP contribution in [-0.4, -0.2) is 25.5 Å². The van der Waals surface area contributed by atoms with E-state index in [9.17, 15) is 23.3 Å². The third kappa shape index (κ3) is 6.00. The first-order valence-corrected chi connectivity index (χ1v) is 8.50. The Hall–Kier alpha value is -2.53. The Bertz CT molecular complexity index is 773. The molecule has 0 heterocycles. The highest BCUT2D eigenvalue weighted by molar-refractivity contribution is 8.06. The predicted octanol–water partition coefficient (Wildman–Crippen LogP) is 0.994. The number of carbonyl (C=O) groups excluding carboxylic acids is 1. The Morgan fingerprint density at radius 2 is 2.09 bits per heavy atom. The molecule has 0 radical (unpaired) electrons. The van der Waals surface area contributed by atoms with Crippen LogP contribution in [0.5, 0.6) is 5.75 Å². The molecule has 0 saturated heterocycles. The van der Waals surface area contributed by atoms with Crippen LogP contribution in [0.2, 0.25) is 0 Å². The Balaban J connectivity index is 2.91. The molecule has 0 bridgehead atoms. The minimum atomic E-state index is -3.82. The number of benzene rings is 1. The largest absolute Gasteiger partial charge is 0.399 e. The summed E-state index contributed by atoms with van der Waals surface area (Å²) in [5.74, 6) is -0.907. The number of para-hydroxylation sites is 1. The number of hydrogen-bond acceptors (Lipinski definition) is 8. The molecule has 1 rings (SSSR count). The lowest BCUT2D eigenvalue weighted by Crippen LogP contribution is -2.22. The van der Waals surface area contributed by atoms with Gasteiger partial charge in [0.15, 0.2) is 5.75 Å². The first-order chi connectivity index (χ1) is 10.6. The van der Waals surface area contributed by atoms with Gasteiger partial charge in [-0.05, 0) is 12.1 Å². The van der Waals surface area contributed by atoms with Gasteiger partial charge in [0, 0.05) is 11.8 Å². The molecule has 0 aromatic heterocycles. The normalized spacial score (nSPS) is 11.6. The van der Waals surface area contributed by atoms with E-state index in [1.165, 1.54) is 24.3 Å². The fourth-order valence-electron chi connectivity index (χ4n) is 1.37. The van der Waals surface area contributed by atoms with E-state index in [1.54, 1.807) is 0 Å². The van der Waals surface area contributed by atoms with Gasteiger partial charge in [0.25, 0.3) is 5.91 Å². The molecule has 1 amide bonds. The maximum absolute atomic E-state index is 12.1. The van der Waals surface area contributed by atoms with E-state index in [0.717, 1.165) is 12.5 Å². The van der Waals surface area contributed by atoms with Crippen molar-refractivity contribution in [2.24, 2.45) is 5.73 Å². The predicted molar refractivity (Wildman–Crippen MR) is 85.4 cm³/mol. The topological polar surface area (TPSA) is 142 Å². The molecular weight excluding hydrogens is 346 g/mol. The third-order valence-electron chi connectivity index (χ3n) is 2.18. The van der Waals surface area contributed by atoms with Crippen molar-refractivity contribution < 1.29 is 22.3 Å². The summed E-state index contributed by atoms with van der Waals surface area (Å²) in [6.45, 7) is 3.47. The van der Waals surface area contributed by atoms with E-state index in [4.69, 9.17) is 9.92 Å². The monoisotopic (exact) mass is 359 g/mol. The van der Waals surface area contributed by atoms with Gasteiger partial charge in [-0.3, -0.25) is 14.9 Å². The summed E-state index contributed by atoms with van der Waals surface area (Å²) in [5, 5.41) is 12.4. The summed E-state index contributed by atoms with van der Waals surface area (Å²) in [4.78, 5) is 22.0. The van der Waals surface area contributed by atoms with Crippen molar-refractivity contribution in [3.05, 3.63) is 62.8 Å². The van der Waals surface area contributed by atoms with Crippen LogP contribution >= 0.6 is 11.8 Å². The van der Waals surface area contributed by atoms with Gasteiger partial charge in [-0.25, -0.2) is 0 Å². The molecule has 0 aliphatic rings. The minimum absolute atomic E-state index is 0.0578. The number of rotatable bonds is 7. The summed E-state index contributed by atoms with van der Waals surface area (Å²) in [7, 11) is -3.82. The molecule has 0 spiro atoms. The van der Waals surface area contributed by atoms with Gasteiger partial charge in [0.1, 0.15) is 0 Å². The zero-order valence-electron chi connectivity index (χ0n) is 11.9. The summed E-state index contributed by atoms with van der Waals surface area (Å²) in [5.41, 5.74) is 5.02. The first-order valence-electron chi connectivity index (χ1n) is 5.87. The molecular formula is C12H13N3O6S2. The maximum Gasteiger partial charge on any atom is 0.324 e. The average molecular weight is 359 g/mol. The molecule has 124 valence electrons. The molecule has 0 fully saturated rings. The fourth-order valence-corrected chi connectivity index (χ4v) is 2.38. The van der Waals surface area contributed by atoms with Gasteiger partial charge >= 0.3 is 15.1 Å². The van der Waals surface area contributed by atoms with Crippen molar-refractivity contribution in [2.45, 2.75) is 0 Å². The summed E-state index contributed by atoms with van der Waals surface area (Å²) in [6.07, 6.45) is 1.61. The van der Waals surface area contributed by atoms with Crippen LogP contribution in [0.25, 0.3) is 0 Å². The van der Waals surface area contributed by atoms with E-state index in [-0.39, 0.29) is 16.3 Å². The smallest absolute Gasteiger partial charge is 0.324 e. The number of nitrogens with one attached hydrogen (secondary N) is 1. The van der Waals surface area contributed by atoms with E-state index in [1.807, 2.05) is 0 Å². The third-order valence-corrected chi connectivity index (χ3v) is 3.50. The molecule has 0 unspecified atom stereocenters. The van der Waals surface area contributed by atoms with Crippen LogP contribution in [0.1, 0.15) is 10.4 Å². The number of nitrogens with zero attached hydrogens (tertiary/aromatic N) is 1. The second-order valence-corrected chi connectivity index (χ2v) is 6.72. The molecule has 0 aliphatic heterocycles. The average Bonchev–Trinajstić information content (AvgIpc) is 2.43. The van der Waals surface area contributed by atoms with Crippen molar-refractivity contribution in [3.63, 3.8) is 0 Å². The standard InChI is InChI=1S/C12H13N3O6S2/c1-8(22-11(7-13)15(17)18)14-12(16)9-5-3-4-6-10(9)21-23(2,19)20/h3-7H,1,13H2,2H3,(H,14,16)/b11-7-. The molecule has 23 heavy (non-hydrogen) atoms. The summed E-state index contributed by atoms with van der Waals surface area (Å²) in [6, 6.07) is 5.63. The van der Waals surface area contributed by atoms with Crippen LogP contribution in [0.15, 0.2) is 47.1 Å². The number of nitro groups is 1. The number of nitrogens with two attached hydrogens (primary N) is 1. The van der Waals surface area contributed by atoms with Crippen LogP contribution in [0, 0.1) is 10.1 Å². The van der Waals surface area contributed by atoms with Crippen molar-refractivity contribution >= 4 is 27.8 Å². The number of thioether (sulfide) groups is 1. The lowest BCUT2D eigenvalue weighted by molar-refractivity contribution is -0.410. The van der Waals surface area contributed by atoms with Gasteiger partial charge in [-0.2, -0.15) is 8.42 Å². The Morgan fingerprint density at radius 3 is 2.61 bits per heavy atom. The van der Waals surface area contributed by atoms with Crippen LogP contribution in [-0.2, 0) is 10.1 Å². The van der Waals surface area contributed by atoms with Crippen molar-refractivity contribution in [1.29, 1.82) is 0 Å². The highest BCUT2D eigenvalue weighted by Gasteiger charge is 2.19. The van der Waals surface area contributed by atoms with Gasteiger partial charge in [-0.1, -0.05) is 18.7 Å². The van der Waals surface area contributed by atoms with Crippen LogP contribution in [0.3, 0.4) is 0 Å². The Morgan fingerprint density at radius 1 is 1.48 bits per heavy atom. The zero-order chi connectivity index (χ0) is 17.6. The molecule has 3 N–H and O–H groups in total. The lowest BCUT2D eigenvalue weighted by Gasteiger charge is -2.10. The van der Waals surface area contributed by atoms with Gasteiger partial charge in [0.2, 0.25) is 0 Å². The highest BCUT2D eigenvalue weighted by Crippen LogP contribution is 2.24. The molecule has 1 aromatic rings. The van der Waals surface area contributed by atoms with Gasteiger partial charge < -0.3 is 15.2 Å². The van der Waals surface area contributed by atoms with Crippen molar-refractivity contribution in [3.8, 4) is 5.75 Å². The first kappa shape index (κ1) is 18.5. The molecule has 1 aromatic carbocycles. The maximum atomic E-state index is 12.1. The number of hydrogen-bond donors (Lipinski definition) is 2. The number of carbonyl (C=O) groups is 1. The SMILES string of the molecule is C=C(NC(=O)c1ccccc1OS(C)(=O)=O)S/C(=C\N)[N+](=O)[O-]. The lowest BCUT2D eigenvalue weighted by atomic mass is 10.2. The van der Waals surface area contributed by atoms with E-state index < -0.39 is 26.0 Å². The van der Waals surface area contributed by atoms with E-state index in [0.29, 0.717) is 11.8 Å². The van der Waals surface area contributed by atoms with Crippen LogP contribution < -0.4 is 15.2 Å².